The largest absolute Gasteiger partial charge is 0.493 e. The van der Waals surface area contributed by atoms with Gasteiger partial charge < -0.3 is 14.4 Å². The van der Waals surface area contributed by atoms with Gasteiger partial charge in [0.15, 0.2) is 11.5 Å². The first kappa shape index (κ1) is 20.9. The van der Waals surface area contributed by atoms with Crippen LogP contribution in [0.1, 0.15) is 23.6 Å². The molecule has 0 atom stereocenters. The molecule has 3 rings (SSSR count). The Morgan fingerprint density at radius 2 is 1.83 bits per heavy atom. The minimum absolute atomic E-state index is 0.0503. The van der Waals surface area contributed by atoms with Gasteiger partial charge in [0.2, 0.25) is 5.91 Å². The molecule has 2 aromatic carbocycles. The van der Waals surface area contributed by atoms with Gasteiger partial charge in [-0.05, 0) is 48.7 Å². The smallest absolute Gasteiger partial charge is 0.246 e. The lowest BCUT2D eigenvalue weighted by atomic mass is 10.1. The van der Waals surface area contributed by atoms with Crippen molar-refractivity contribution in [3.8, 4) is 11.5 Å². The Morgan fingerprint density at radius 3 is 2.52 bits per heavy atom. The molecule has 1 amide bonds. The lowest BCUT2D eigenvalue weighted by Gasteiger charge is -2.34. The van der Waals surface area contributed by atoms with Gasteiger partial charge in [-0.3, -0.25) is 9.69 Å². The number of piperazine rings is 1. The summed E-state index contributed by atoms with van der Waals surface area (Å²) in [5.41, 5.74) is 3.59. The lowest BCUT2D eigenvalue weighted by Crippen LogP contribution is -2.47. The van der Waals surface area contributed by atoms with Gasteiger partial charge in [-0.15, -0.1) is 0 Å². The molecule has 1 fully saturated rings. The number of amides is 1. The van der Waals surface area contributed by atoms with Crippen LogP contribution in [0.2, 0.25) is 0 Å². The number of hydrogen-bond donors (Lipinski definition) is 0. The summed E-state index contributed by atoms with van der Waals surface area (Å²) >= 11 is 0. The van der Waals surface area contributed by atoms with Gasteiger partial charge in [0.05, 0.1) is 13.7 Å². The zero-order chi connectivity index (χ0) is 20.6. The average molecular weight is 395 g/mol. The summed E-state index contributed by atoms with van der Waals surface area (Å²) in [6.07, 6.45) is 3.48. The number of carbonyl (C=O) groups is 1. The van der Waals surface area contributed by atoms with Crippen LogP contribution >= 0.6 is 0 Å². The molecule has 1 heterocycles. The maximum atomic E-state index is 12.6. The lowest BCUT2D eigenvalue weighted by molar-refractivity contribution is -0.127. The maximum absolute atomic E-state index is 12.6. The molecule has 0 radical (unpaired) electrons. The summed E-state index contributed by atoms with van der Waals surface area (Å²) in [5, 5.41) is 0. The van der Waals surface area contributed by atoms with Crippen molar-refractivity contribution < 1.29 is 14.3 Å². The predicted octanol–water partition coefficient (Wildman–Crippen LogP) is 3.76. The van der Waals surface area contributed by atoms with E-state index in [1.807, 2.05) is 36.1 Å². The fourth-order valence-corrected chi connectivity index (χ4v) is 3.49. The molecule has 5 nitrogen and oxygen atoms in total. The monoisotopic (exact) mass is 394 g/mol. The van der Waals surface area contributed by atoms with Gasteiger partial charge in [-0.25, -0.2) is 0 Å². The van der Waals surface area contributed by atoms with Crippen LogP contribution in [-0.4, -0.2) is 55.6 Å². The van der Waals surface area contributed by atoms with E-state index in [1.54, 1.807) is 13.2 Å². The minimum atomic E-state index is 0.0503. The van der Waals surface area contributed by atoms with E-state index in [1.165, 1.54) is 11.1 Å². The predicted molar refractivity (Wildman–Crippen MR) is 116 cm³/mol. The van der Waals surface area contributed by atoms with Crippen LogP contribution < -0.4 is 9.47 Å². The molecule has 29 heavy (non-hydrogen) atoms. The molecular weight excluding hydrogens is 364 g/mol. The first-order valence-electron chi connectivity index (χ1n) is 10.2. The molecule has 0 unspecified atom stereocenters. The molecule has 154 valence electrons. The first-order chi connectivity index (χ1) is 14.1. The standard InChI is InChI=1S/C24H30N2O3/c1-4-29-23-17-20(9-11-22(23)28-3)10-12-24(27)26-15-13-25(14-16-26)18-21-8-6-5-7-19(21)2/h5-12,17H,4,13-16,18H2,1-3H3/b12-10+. The molecule has 0 spiro atoms. The van der Waals surface area contributed by atoms with Gasteiger partial charge in [0.25, 0.3) is 0 Å². The second-order valence-corrected chi connectivity index (χ2v) is 7.20. The number of methoxy groups -OCH3 is 1. The minimum Gasteiger partial charge on any atom is -0.493 e. The van der Waals surface area contributed by atoms with Gasteiger partial charge in [0, 0.05) is 38.8 Å². The van der Waals surface area contributed by atoms with E-state index < -0.39 is 0 Å². The van der Waals surface area contributed by atoms with Crippen LogP contribution in [0.25, 0.3) is 6.08 Å². The third kappa shape index (κ3) is 5.61. The second kappa shape index (κ2) is 10.1. The van der Waals surface area contributed by atoms with Crippen molar-refractivity contribution in [2.24, 2.45) is 0 Å². The number of rotatable bonds is 7. The number of ether oxygens (including phenoxy) is 2. The quantitative estimate of drug-likeness (QED) is 0.671. The molecule has 0 bridgehead atoms. The molecule has 2 aromatic rings. The zero-order valence-corrected chi connectivity index (χ0v) is 17.6. The molecule has 5 heteroatoms. The van der Waals surface area contributed by atoms with Crippen LogP contribution in [0.5, 0.6) is 11.5 Å². The van der Waals surface area contributed by atoms with Crippen LogP contribution in [0.3, 0.4) is 0 Å². The van der Waals surface area contributed by atoms with E-state index in [0.717, 1.165) is 38.3 Å². The van der Waals surface area contributed by atoms with E-state index in [-0.39, 0.29) is 5.91 Å². The molecule has 0 aromatic heterocycles. The van der Waals surface area contributed by atoms with Crippen molar-refractivity contribution >= 4 is 12.0 Å². The van der Waals surface area contributed by atoms with Crippen LogP contribution in [0.15, 0.2) is 48.5 Å². The van der Waals surface area contributed by atoms with Crippen molar-refractivity contribution in [2.75, 3.05) is 39.9 Å². The number of nitrogens with zero attached hydrogens (tertiary/aromatic N) is 2. The van der Waals surface area contributed by atoms with Crippen LogP contribution in [0.4, 0.5) is 0 Å². The Labute approximate surface area is 173 Å². The summed E-state index contributed by atoms with van der Waals surface area (Å²) in [7, 11) is 1.62. The fourth-order valence-electron chi connectivity index (χ4n) is 3.49. The zero-order valence-electron chi connectivity index (χ0n) is 17.6. The number of hydrogen-bond acceptors (Lipinski definition) is 4. The molecular formula is C24H30N2O3. The first-order valence-corrected chi connectivity index (χ1v) is 10.2. The van der Waals surface area contributed by atoms with Gasteiger partial charge in [-0.2, -0.15) is 0 Å². The summed E-state index contributed by atoms with van der Waals surface area (Å²) in [6.45, 7) is 8.88. The van der Waals surface area contributed by atoms with E-state index in [0.29, 0.717) is 18.1 Å². The van der Waals surface area contributed by atoms with Crippen molar-refractivity contribution in [2.45, 2.75) is 20.4 Å². The highest BCUT2D eigenvalue weighted by Gasteiger charge is 2.20. The molecule has 1 aliphatic rings. The number of benzene rings is 2. The van der Waals surface area contributed by atoms with Crippen LogP contribution in [-0.2, 0) is 11.3 Å². The van der Waals surface area contributed by atoms with E-state index >= 15 is 0 Å². The molecule has 0 aliphatic carbocycles. The highest BCUT2D eigenvalue weighted by molar-refractivity contribution is 5.92. The molecule has 1 aliphatic heterocycles. The van der Waals surface area contributed by atoms with Crippen LogP contribution in [0, 0.1) is 6.92 Å². The number of carbonyl (C=O) groups excluding carboxylic acids is 1. The third-order valence-electron chi connectivity index (χ3n) is 5.25. The molecule has 0 N–H and O–H groups in total. The van der Waals surface area contributed by atoms with Gasteiger partial charge in [-0.1, -0.05) is 30.3 Å². The van der Waals surface area contributed by atoms with Gasteiger partial charge >= 0.3 is 0 Å². The average Bonchev–Trinajstić information content (AvgIpc) is 2.74. The highest BCUT2D eigenvalue weighted by Crippen LogP contribution is 2.28. The Kier molecular flexibility index (Phi) is 7.30. The fraction of sp³-hybridized carbons (Fsp3) is 0.375. The van der Waals surface area contributed by atoms with Crippen molar-refractivity contribution in [1.82, 2.24) is 9.80 Å². The molecule has 0 saturated carbocycles. The third-order valence-corrected chi connectivity index (χ3v) is 5.25. The highest BCUT2D eigenvalue weighted by atomic mass is 16.5. The number of aryl methyl sites for hydroxylation is 1. The van der Waals surface area contributed by atoms with E-state index in [2.05, 4.69) is 36.1 Å². The second-order valence-electron chi connectivity index (χ2n) is 7.20. The topological polar surface area (TPSA) is 42.0 Å². The normalized spacial score (nSPS) is 14.9. The summed E-state index contributed by atoms with van der Waals surface area (Å²) < 4.78 is 10.9. The Bertz CT molecular complexity index is 855. The molecule has 1 saturated heterocycles. The maximum Gasteiger partial charge on any atom is 0.246 e. The Hall–Kier alpha value is -2.79. The summed E-state index contributed by atoms with van der Waals surface area (Å²) in [4.78, 5) is 16.9. The van der Waals surface area contributed by atoms with Crippen molar-refractivity contribution in [1.29, 1.82) is 0 Å². The Balaban J connectivity index is 1.54. The summed E-state index contributed by atoms with van der Waals surface area (Å²) in [6, 6.07) is 14.2. The van der Waals surface area contributed by atoms with Gasteiger partial charge in [0.1, 0.15) is 0 Å². The Morgan fingerprint density at radius 1 is 1.07 bits per heavy atom. The van der Waals surface area contributed by atoms with Crippen molar-refractivity contribution in [3.63, 3.8) is 0 Å². The van der Waals surface area contributed by atoms with Crippen molar-refractivity contribution in [3.05, 3.63) is 65.2 Å². The van der Waals surface area contributed by atoms with E-state index in [4.69, 9.17) is 9.47 Å². The summed E-state index contributed by atoms with van der Waals surface area (Å²) in [5.74, 6) is 1.43. The SMILES string of the molecule is CCOc1cc(/C=C/C(=O)N2CCN(Cc3ccccc3C)CC2)ccc1OC. The van der Waals surface area contributed by atoms with E-state index in [9.17, 15) is 4.79 Å².